The average molecular weight is 492 g/mol. The van der Waals surface area contributed by atoms with Gasteiger partial charge < -0.3 is 24.8 Å². The van der Waals surface area contributed by atoms with Crippen LogP contribution in [0.1, 0.15) is 62.9 Å². The smallest absolute Gasteiger partial charge is 0.254 e. The van der Waals surface area contributed by atoms with E-state index in [2.05, 4.69) is 0 Å². The number of carbonyl (C=O) groups excluding carboxylic acids is 1. The van der Waals surface area contributed by atoms with Crippen molar-refractivity contribution in [2.45, 2.75) is 59.0 Å². The Hall–Kier alpha value is -2.93. The van der Waals surface area contributed by atoms with E-state index in [9.17, 15) is 4.79 Å². The molecule has 2 aromatic carbocycles. The number of methoxy groups -OCH3 is 1. The predicted octanol–water partition coefficient (Wildman–Crippen LogP) is 5.29. The number of nitrogens with zero attached hydrogens (tertiary/aromatic N) is 1. The molecule has 0 radical (unpaired) electrons. The number of benzene rings is 2. The lowest BCUT2D eigenvalue weighted by Crippen LogP contribution is -2.42. The van der Waals surface area contributed by atoms with Crippen molar-refractivity contribution in [3.05, 3.63) is 53.6 Å². The van der Waals surface area contributed by atoms with Gasteiger partial charge in [0.1, 0.15) is 11.6 Å². The number of ether oxygens (including phenoxy) is 3. The Morgan fingerprint density at radius 2 is 1.44 bits per heavy atom. The molecule has 0 atom stereocenters. The lowest BCUT2D eigenvalue weighted by molar-refractivity contribution is 0.0643. The Labute approximate surface area is 209 Å². The molecule has 0 unspecified atom stereocenters. The second-order valence-electron chi connectivity index (χ2n) is 8.46. The second kappa shape index (κ2) is 14.4. The summed E-state index contributed by atoms with van der Waals surface area (Å²) >= 11 is 0. The fourth-order valence-electron chi connectivity index (χ4n) is 3.62. The van der Waals surface area contributed by atoms with Crippen molar-refractivity contribution >= 4 is 24.1 Å². The first-order valence-corrected chi connectivity index (χ1v) is 11.4. The van der Waals surface area contributed by atoms with E-state index in [-0.39, 0.29) is 36.2 Å². The first kappa shape index (κ1) is 29.1. The topological polar surface area (TPSA) is 97.9 Å². The molecule has 0 saturated carbocycles. The van der Waals surface area contributed by atoms with Crippen molar-refractivity contribution < 1.29 is 19.0 Å². The molecule has 0 spiro atoms. The maximum atomic E-state index is 13.0. The summed E-state index contributed by atoms with van der Waals surface area (Å²) in [6.07, 6.45) is 2.70. The van der Waals surface area contributed by atoms with Crippen LogP contribution in [0.25, 0.3) is 0 Å². The second-order valence-corrected chi connectivity index (χ2v) is 8.46. The molecule has 0 aliphatic rings. The van der Waals surface area contributed by atoms with E-state index in [0.29, 0.717) is 35.8 Å². The lowest BCUT2D eigenvalue weighted by atomic mass is 10.1. The zero-order valence-corrected chi connectivity index (χ0v) is 21.6. The molecule has 2 rings (SSSR count). The van der Waals surface area contributed by atoms with Crippen molar-refractivity contribution in [2.75, 3.05) is 20.3 Å². The fraction of sp³-hybridized carbons (Fsp3) is 0.462. The van der Waals surface area contributed by atoms with E-state index >= 15 is 0 Å². The minimum atomic E-state index is -0.0130. The fourth-order valence-corrected chi connectivity index (χ4v) is 3.62. The summed E-state index contributed by atoms with van der Waals surface area (Å²) in [4.78, 5) is 14.9. The number of hydrogen-bond donors (Lipinski definition) is 2. The van der Waals surface area contributed by atoms with Crippen LogP contribution in [0.15, 0.2) is 42.5 Å². The number of hydrogen-bond acceptors (Lipinski definition) is 5. The first-order chi connectivity index (χ1) is 15.7. The third kappa shape index (κ3) is 8.45. The maximum absolute atomic E-state index is 13.0. The van der Waals surface area contributed by atoms with E-state index in [1.807, 2.05) is 44.7 Å². The Balaban J connectivity index is 0.00000578. The molecule has 1 amide bonds. The summed E-state index contributed by atoms with van der Waals surface area (Å²) in [7, 11) is 1.60. The lowest BCUT2D eigenvalue weighted by Gasteiger charge is -2.31. The molecule has 0 aliphatic heterocycles. The molecule has 0 saturated heterocycles. The first-order valence-electron chi connectivity index (χ1n) is 11.4. The zero-order chi connectivity index (χ0) is 24.4. The average Bonchev–Trinajstić information content (AvgIpc) is 2.78. The van der Waals surface area contributed by atoms with Crippen molar-refractivity contribution in [3.63, 3.8) is 0 Å². The summed E-state index contributed by atoms with van der Waals surface area (Å²) in [5.41, 5.74) is 6.73. The number of rotatable bonds is 13. The van der Waals surface area contributed by atoms with Crippen LogP contribution in [0.5, 0.6) is 17.2 Å². The Bertz CT molecular complexity index is 909. The van der Waals surface area contributed by atoms with Crippen LogP contribution in [0.3, 0.4) is 0 Å². The largest absolute Gasteiger partial charge is 0.494 e. The minimum Gasteiger partial charge on any atom is -0.494 e. The van der Waals surface area contributed by atoms with Gasteiger partial charge in [0.05, 0.1) is 20.3 Å². The Kier molecular flexibility index (Phi) is 12.3. The summed E-state index contributed by atoms with van der Waals surface area (Å²) in [5.74, 6) is 1.99. The number of nitrogens with one attached hydrogen (secondary N) is 1. The molecule has 0 fully saturated rings. The molecular weight excluding hydrogens is 454 g/mol. The van der Waals surface area contributed by atoms with Crippen molar-refractivity contribution in [2.24, 2.45) is 5.73 Å². The van der Waals surface area contributed by atoms with Crippen LogP contribution >= 0.6 is 12.4 Å². The minimum absolute atomic E-state index is 0. The monoisotopic (exact) mass is 491 g/mol. The summed E-state index contributed by atoms with van der Waals surface area (Å²) < 4.78 is 17.1. The molecule has 3 N–H and O–H groups in total. The predicted molar refractivity (Wildman–Crippen MR) is 139 cm³/mol. The highest BCUT2D eigenvalue weighted by Gasteiger charge is 2.22. The highest BCUT2D eigenvalue weighted by Crippen LogP contribution is 2.29. The van der Waals surface area contributed by atoms with Crippen molar-refractivity contribution in [1.29, 1.82) is 5.41 Å². The van der Waals surface area contributed by atoms with Gasteiger partial charge in [-0.25, -0.2) is 0 Å². The van der Waals surface area contributed by atoms with E-state index in [4.69, 9.17) is 25.4 Å². The van der Waals surface area contributed by atoms with Gasteiger partial charge in [0, 0.05) is 23.2 Å². The highest BCUT2D eigenvalue weighted by molar-refractivity contribution is 5.95. The van der Waals surface area contributed by atoms with Gasteiger partial charge in [-0.15, -0.1) is 12.4 Å². The number of amides is 1. The van der Waals surface area contributed by atoms with Gasteiger partial charge in [-0.3, -0.25) is 10.2 Å². The maximum Gasteiger partial charge on any atom is 0.254 e. The molecular formula is C26H38ClN3O4. The number of unbranched alkanes of at least 4 members (excludes halogenated alkanes) is 2. The van der Waals surface area contributed by atoms with Crippen LogP contribution in [0, 0.1) is 5.41 Å². The quantitative estimate of drug-likeness (QED) is 0.225. The number of halogens is 1. The van der Waals surface area contributed by atoms with Crippen LogP contribution < -0.4 is 19.9 Å². The summed E-state index contributed by atoms with van der Waals surface area (Å²) in [5, 5.41) is 7.41. The van der Waals surface area contributed by atoms with Crippen LogP contribution in [0.4, 0.5) is 0 Å². The standard InChI is InChI=1S/C26H37N3O4.ClH/c1-18(2)29(19(3)4)26(30)21-11-14-23(31-5)24(17-21)33-16-8-6-7-15-32-22-12-9-20(10-13-22)25(27)28;/h9-14,17-19H,6-8,15-16H2,1-5H3,(H3,27,28);1H. The third-order valence-corrected chi connectivity index (χ3v) is 5.24. The number of nitrogens with two attached hydrogens (primary N) is 1. The van der Waals surface area contributed by atoms with E-state index in [0.717, 1.165) is 25.0 Å². The van der Waals surface area contributed by atoms with Gasteiger partial charge in [0.25, 0.3) is 5.91 Å². The number of nitrogen functional groups attached to an aromatic ring is 1. The Morgan fingerprint density at radius 3 is 1.97 bits per heavy atom. The molecule has 188 valence electrons. The third-order valence-electron chi connectivity index (χ3n) is 5.24. The van der Waals surface area contributed by atoms with Gasteiger partial charge in [-0.05, 0) is 89.4 Å². The SMILES string of the molecule is COc1ccc(C(=O)N(C(C)C)C(C)C)cc1OCCCCCOc1ccc(C(=N)N)cc1.Cl. The number of amidine groups is 1. The van der Waals surface area contributed by atoms with E-state index < -0.39 is 0 Å². The van der Waals surface area contributed by atoms with Gasteiger partial charge in [-0.2, -0.15) is 0 Å². The molecule has 0 aromatic heterocycles. The van der Waals surface area contributed by atoms with Gasteiger partial charge in [-0.1, -0.05) is 0 Å². The van der Waals surface area contributed by atoms with Gasteiger partial charge in [0.15, 0.2) is 11.5 Å². The van der Waals surface area contributed by atoms with Crippen molar-refractivity contribution in [1.82, 2.24) is 4.90 Å². The van der Waals surface area contributed by atoms with Crippen LogP contribution in [0.2, 0.25) is 0 Å². The molecule has 0 bridgehead atoms. The highest BCUT2D eigenvalue weighted by atomic mass is 35.5. The van der Waals surface area contributed by atoms with Crippen LogP contribution in [-0.2, 0) is 0 Å². The molecule has 0 aliphatic carbocycles. The molecule has 8 heteroatoms. The normalized spacial score (nSPS) is 10.6. The van der Waals surface area contributed by atoms with Crippen LogP contribution in [-0.4, -0.2) is 49.0 Å². The van der Waals surface area contributed by atoms with Crippen molar-refractivity contribution in [3.8, 4) is 17.2 Å². The molecule has 34 heavy (non-hydrogen) atoms. The zero-order valence-electron chi connectivity index (χ0n) is 20.8. The van der Waals surface area contributed by atoms with Gasteiger partial charge in [0.2, 0.25) is 0 Å². The van der Waals surface area contributed by atoms with E-state index in [1.165, 1.54) is 0 Å². The number of carbonyl (C=O) groups is 1. The van der Waals surface area contributed by atoms with Gasteiger partial charge >= 0.3 is 0 Å². The van der Waals surface area contributed by atoms with E-state index in [1.54, 1.807) is 37.4 Å². The summed E-state index contributed by atoms with van der Waals surface area (Å²) in [6, 6.07) is 12.8. The summed E-state index contributed by atoms with van der Waals surface area (Å²) in [6.45, 7) is 9.20. The molecule has 7 nitrogen and oxygen atoms in total. The Morgan fingerprint density at radius 1 is 0.882 bits per heavy atom. The molecule has 2 aromatic rings. The molecule has 0 heterocycles.